The summed E-state index contributed by atoms with van der Waals surface area (Å²) in [6, 6.07) is 10.5. The molecule has 2 aliphatic rings. The van der Waals surface area contributed by atoms with Gasteiger partial charge in [0.2, 0.25) is 0 Å². The Morgan fingerprint density at radius 3 is 2.58 bits per heavy atom. The van der Waals surface area contributed by atoms with Crippen LogP contribution < -0.4 is 5.32 Å². The fraction of sp³-hybridized carbons (Fsp3) is 0.0588. The number of benzene rings is 1. The first-order chi connectivity index (χ1) is 9.22. The molecular weight excluding hydrogens is 250 g/mol. The van der Waals surface area contributed by atoms with E-state index in [0.717, 1.165) is 17.1 Å². The zero-order valence-corrected chi connectivity index (χ0v) is 11.5. The number of nitrogens with one attached hydrogen (secondary N) is 1. The molecule has 19 heavy (non-hydrogen) atoms. The SMILES string of the molecule is C=C1NC(=C)/C(=C/C2=CC=C(c3ccccc3)C2)S1. The Morgan fingerprint density at radius 1 is 1.11 bits per heavy atom. The van der Waals surface area contributed by atoms with Crippen molar-refractivity contribution in [3.8, 4) is 0 Å². The highest BCUT2D eigenvalue weighted by atomic mass is 32.2. The smallest absolute Gasteiger partial charge is 0.0701 e. The van der Waals surface area contributed by atoms with Gasteiger partial charge in [-0.3, -0.25) is 0 Å². The van der Waals surface area contributed by atoms with Crippen LogP contribution in [-0.4, -0.2) is 0 Å². The van der Waals surface area contributed by atoms with E-state index in [9.17, 15) is 0 Å². The fourth-order valence-electron chi connectivity index (χ4n) is 2.23. The molecule has 1 aromatic carbocycles. The van der Waals surface area contributed by atoms with Gasteiger partial charge >= 0.3 is 0 Å². The maximum Gasteiger partial charge on any atom is 0.0701 e. The molecule has 0 saturated carbocycles. The molecule has 1 N–H and O–H groups in total. The van der Waals surface area contributed by atoms with E-state index in [1.165, 1.54) is 21.6 Å². The molecule has 0 amide bonds. The van der Waals surface area contributed by atoms with Crippen molar-refractivity contribution in [2.75, 3.05) is 0 Å². The van der Waals surface area contributed by atoms with Gasteiger partial charge in [0, 0.05) is 10.6 Å². The Morgan fingerprint density at radius 2 is 1.89 bits per heavy atom. The first-order valence-corrected chi connectivity index (χ1v) is 7.04. The van der Waals surface area contributed by atoms with E-state index < -0.39 is 0 Å². The summed E-state index contributed by atoms with van der Waals surface area (Å²) in [5.41, 5.74) is 4.93. The minimum Gasteiger partial charge on any atom is -0.350 e. The lowest BCUT2D eigenvalue weighted by molar-refractivity contribution is 1.12. The summed E-state index contributed by atoms with van der Waals surface area (Å²) in [7, 11) is 0. The average molecular weight is 265 g/mol. The van der Waals surface area contributed by atoms with Gasteiger partial charge in [-0.25, -0.2) is 0 Å². The summed E-state index contributed by atoms with van der Waals surface area (Å²) < 4.78 is 0. The maximum atomic E-state index is 4.00. The van der Waals surface area contributed by atoms with Gasteiger partial charge in [-0.05, 0) is 29.2 Å². The van der Waals surface area contributed by atoms with Crippen molar-refractivity contribution in [1.82, 2.24) is 5.32 Å². The minimum absolute atomic E-state index is 0.948. The standard InChI is InChI=1S/C17H15NS/c1-12-17(19-13(2)18-12)11-14-8-9-16(10-14)15-6-4-3-5-7-15/h3-9,11,18H,1-2,10H2/b17-11-. The number of hydrogen-bond donors (Lipinski definition) is 1. The zero-order valence-electron chi connectivity index (χ0n) is 10.6. The maximum absolute atomic E-state index is 4.00. The summed E-state index contributed by atoms with van der Waals surface area (Å²) in [5, 5.41) is 4.10. The zero-order chi connectivity index (χ0) is 13.2. The van der Waals surface area contributed by atoms with Crippen LogP contribution in [0.4, 0.5) is 0 Å². The normalized spacial score (nSPS) is 20.5. The van der Waals surface area contributed by atoms with Gasteiger partial charge in [-0.2, -0.15) is 0 Å². The third kappa shape index (κ3) is 2.59. The predicted octanol–water partition coefficient (Wildman–Crippen LogP) is 4.61. The van der Waals surface area contributed by atoms with Crippen molar-refractivity contribution in [2.24, 2.45) is 0 Å². The minimum atomic E-state index is 0.948. The molecule has 1 nitrogen and oxygen atoms in total. The van der Waals surface area contributed by atoms with Gasteiger partial charge in [0.1, 0.15) is 0 Å². The van der Waals surface area contributed by atoms with Crippen LogP contribution in [-0.2, 0) is 0 Å². The molecule has 0 unspecified atom stereocenters. The van der Waals surface area contributed by atoms with Gasteiger partial charge in [-0.1, -0.05) is 67.4 Å². The number of hydrogen-bond acceptors (Lipinski definition) is 2. The molecule has 0 atom stereocenters. The van der Waals surface area contributed by atoms with E-state index in [-0.39, 0.29) is 0 Å². The van der Waals surface area contributed by atoms with Crippen molar-refractivity contribution >= 4 is 17.3 Å². The topological polar surface area (TPSA) is 12.0 Å². The second-order valence-electron chi connectivity index (χ2n) is 4.61. The van der Waals surface area contributed by atoms with E-state index in [4.69, 9.17) is 0 Å². The van der Waals surface area contributed by atoms with E-state index in [0.29, 0.717) is 0 Å². The molecule has 0 bridgehead atoms. The summed E-state index contributed by atoms with van der Waals surface area (Å²) >= 11 is 1.65. The van der Waals surface area contributed by atoms with Crippen LogP contribution >= 0.6 is 11.8 Å². The highest BCUT2D eigenvalue weighted by Crippen LogP contribution is 2.37. The first kappa shape index (κ1) is 12.1. The number of rotatable bonds is 2. The molecule has 1 fully saturated rings. The highest BCUT2D eigenvalue weighted by molar-refractivity contribution is 8.07. The molecule has 0 aromatic heterocycles. The van der Waals surface area contributed by atoms with E-state index in [2.05, 4.69) is 61.0 Å². The second-order valence-corrected chi connectivity index (χ2v) is 5.75. The van der Waals surface area contributed by atoms with Gasteiger partial charge in [0.05, 0.1) is 5.03 Å². The molecule has 1 saturated heterocycles. The summed E-state index contributed by atoms with van der Waals surface area (Å²) in [6.45, 7) is 7.91. The lowest BCUT2D eigenvalue weighted by Gasteiger charge is -2.03. The number of allylic oxidation sites excluding steroid dienone is 5. The van der Waals surface area contributed by atoms with Crippen molar-refractivity contribution in [2.45, 2.75) is 6.42 Å². The monoisotopic (exact) mass is 265 g/mol. The van der Waals surface area contributed by atoms with Crippen molar-refractivity contribution < 1.29 is 0 Å². The van der Waals surface area contributed by atoms with Gasteiger partial charge in [0.15, 0.2) is 0 Å². The van der Waals surface area contributed by atoms with Crippen LogP contribution in [0.1, 0.15) is 12.0 Å². The lowest BCUT2D eigenvalue weighted by Crippen LogP contribution is -1.99. The first-order valence-electron chi connectivity index (χ1n) is 6.22. The quantitative estimate of drug-likeness (QED) is 0.838. The van der Waals surface area contributed by atoms with Gasteiger partial charge in [-0.15, -0.1) is 0 Å². The second kappa shape index (κ2) is 4.98. The Hall–Kier alpha value is -1.93. The molecule has 0 radical (unpaired) electrons. The molecule has 2 heteroatoms. The highest BCUT2D eigenvalue weighted by Gasteiger charge is 2.17. The van der Waals surface area contributed by atoms with E-state index in [1.54, 1.807) is 11.8 Å². The molecule has 3 rings (SSSR count). The van der Waals surface area contributed by atoms with Crippen LogP contribution in [0.15, 0.2) is 82.9 Å². The van der Waals surface area contributed by atoms with Crippen LogP contribution in [0.3, 0.4) is 0 Å². The van der Waals surface area contributed by atoms with Gasteiger partial charge in [0.25, 0.3) is 0 Å². The fourth-order valence-corrected chi connectivity index (χ4v) is 3.05. The molecule has 1 aromatic rings. The largest absolute Gasteiger partial charge is 0.350 e. The molecule has 0 spiro atoms. The molecule has 1 aliphatic heterocycles. The Bertz CT molecular complexity index is 632. The van der Waals surface area contributed by atoms with Crippen molar-refractivity contribution in [3.05, 3.63) is 88.5 Å². The lowest BCUT2D eigenvalue weighted by atomic mass is 10.0. The molecule has 1 heterocycles. The van der Waals surface area contributed by atoms with Gasteiger partial charge < -0.3 is 5.32 Å². The molecule has 1 aliphatic carbocycles. The van der Waals surface area contributed by atoms with Crippen LogP contribution in [0.5, 0.6) is 0 Å². The van der Waals surface area contributed by atoms with Crippen molar-refractivity contribution in [1.29, 1.82) is 0 Å². The summed E-state index contributed by atoms with van der Waals surface area (Å²) in [4.78, 5) is 1.17. The van der Waals surface area contributed by atoms with Crippen molar-refractivity contribution in [3.63, 3.8) is 0 Å². The molecule has 94 valence electrons. The predicted molar refractivity (Wildman–Crippen MR) is 84.2 cm³/mol. The third-order valence-electron chi connectivity index (χ3n) is 3.18. The van der Waals surface area contributed by atoms with Crippen LogP contribution in [0.2, 0.25) is 0 Å². The Balaban J connectivity index is 1.74. The Labute approximate surface area is 118 Å². The molecular formula is C17H15NS. The third-order valence-corrected chi connectivity index (χ3v) is 4.11. The number of thioether (sulfide) groups is 1. The van der Waals surface area contributed by atoms with Crippen LogP contribution in [0.25, 0.3) is 5.57 Å². The average Bonchev–Trinajstić information content (AvgIpc) is 2.99. The van der Waals surface area contributed by atoms with E-state index >= 15 is 0 Å². The Kier molecular flexibility index (Phi) is 3.18. The van der Waals surface area contributed by atoms with E-state index in [1.807, 2.05) is 6.07 Å². The summed E-state index contributed by atoms with van der Waals surface area (Å²) in [6.07, 6.45) is 7.56. The van der Waals surface area contributed by atoms with Crippen LogP contribution in [0, 0.1) is 0 Å². The summed E-state index contributed by atoms with van der Waals surface area (Å²) in [5.74, 6) is 0.